The summed E-state index contributed by atoms with van der Waals surface area (Å²) in [5, 5.41) is 28.7. The lowest BCUT2D eigenvalue weighted by Crippen LogP contribution is -2.58. The number of hydrogen-bond acceptors (Lipinski definition) is 11. The fourth-order valence-corrected chi connectivity index (χ4v) is 4.21. The van der Waals surface area contributed by atoms with Crippen molar-refractivity contribution in [1.29, 1.82) is 0 Å². The van der Waals surface area contributed by atoms with E-state index >= 15 is 0 Å². The van der Waals surface area contributed by atoms with Gasteiger partial charge in [0.25, 0.3) is 0 Å². The molecule has 0 aromatic heterocycles. The number of hydrogen-bond donors (Lipinski definition) is 11. The van der Waals surface area contributed by atoms with Crippen molar-refractivity contribution < 1.29 is 34.2 Å². The largest absolute Gasteiger partial charge is 0.480 e. The number of unbranched alkanes of at least 4 members (excludes halogenated alkanes) is 4. The number of nitrogens with one attached hydrogen (secondary N) is 4. The van der Waals surface area contributed by atoms with Crippen molar-refractivity contribution in [2.75, 3.05) is 32.8 Å². The van der Waals surface area contributed by atoms with E-state index < -0.39 is 66.4 Å². The molecule has 0 heterocycles. The molecular weight excluding hydrogens is 562 g/mol. The number of carboxylic acids is 1. The van der Waals surface area contributed by atoms with Gasteiger partial charge in [0.1, 0.15) is 24.2 Å². The van der Waals surface area contributed by atoms with E-state index in [0.717, 1.165) is 0 Å². The Bertz CT molecular complexity index is 835. The molecule has 250 valence electrons. The maximum absolute atomic E-state index is 13.4. The van der Waals surface area contributed by atoms with Crippen LogP contribution in [0.4, 0.5) is 0 Å². The van der Waals surface area contributed by atoms with Crippen molar-refractivity contribution >= 4 is 29.6 Å². The van der Waals surface area contributed by atoms with Gasteiger partial charge >= 0.3 is 5.97 Å². The van der Waals surface area contributed by atoms with Gasteiger partial charge in [-0.1, -0.05) is 6.42 Å². The van der Waals surface area contributed by atoms with E-state index in [1.807, 2.05) is 0 Å². The Morgan fingerprint density at radius 2 is 0.791 bits per heavy atom. The zero-order valence-electron chi connectivity index (χ0n) is 25.2. The molecule has 0 aliphatic rings. The first-order valence-corrected chi connectivity index (χ1v) is 15.2. The van der Waals surface area contributed by atoms with E-state index in [1.54, 1.807) is 0 Å². The second-order valence-electron chi connectivity index (χ2n) is 10.5. The number of carbonyl (C=O) groups is 5. The molecule has 43 heavy (non-hydrogen) atoms. The van der Waals surface area contributed by atoms with Crippen LogP contribution in [0.2, 0.25) is 0 Å². The van der Waals surface area contributed by atoms with Crippen LogP contribution in [-0.4, -0.2) is 103 Å². The minimum Gasteiger partial charge on any atom is -0.480 e. The molecule has 0 rings (SSSR count). The Kier molecular flexibility index (Phi) is 22.9. The van der Waals surface area contributed by atoms with Gasteiger partial charge in [0.2, 0.25) is 23.6 Å². The summed E-state index contributed by atoms with van der Waals surface area (Å²) < 4.78 is 0. The fraction of sp³-hybridized carbons (Fsp3) is 0.815. The molecule has 0 aliphatic carbocycles. The van der Waals surface area contributed by atoms with Crippen molar-refractivity contribution in [3.63, 3.8) is 0 Å². The fourth-order valence-electron chi connectivity index (χ4n) is 4.21. The van der Waals surface area contributed by atoms with Crippen LogP contribution in [0.1, 0.15) is 77.0 Å². The summed E-state index contributed by atoms with van der Waals surface area (Å²) in [6, 6.07) is -5.59. The summed E-state index contributed by atoms with van der Waals surface area (Å²) in [5.74, 6) is -3.99. The average molecular weight is 618 g/mol. The minimum atomic E-state index is -1.55. The molecule has 0 bridgehead atoms. The second-order valence-corrected chi connectivity index (χ2v) is 10.5. The average Bonchev–Trinajstić information content (AvgIpc) is 2.97. The van der Waals surface area contributed by atoms with Gasteiger partial charge in [-0.15, -0.1) is 0 Å². The Labute approximate surface area is 254 Å². The first kappa shape index (κ1) is 40.1. The predicted octanol–water partition coefficient (Wildman–Crippen LogP) is -3.15. The van der Waals surface area contributed by atoms with Gasteiger partial charge in [0, 0.05) is 0 Å². The zero-order valence-corrected chi connectivity index (χ0v) is 25.2. The molecule has 16 N–H and O–H groups in total. The van der Waals surface area contributed by atoms with E-state index in [1.165, 1.54) is 0 Å². The summed E-state index contributed by atoms with van der Waals surface area (Å²) in [6.45, 7) is 0.753. The molecule has 0 saturated carbocycles. The molecule has 4 amide bonds. The third kappa shape index (κ3) is 17.7. The quantitative estimate of drug-likeness (QED) is 0.0429. The highest BCUT2D eigenvalue weighted by Crippen LogP contribution is 2.09. The molecule has 0 aromatic rings. The molecule has 0 saturated heterocycles. The standard InChI is InChI=1S/C27H55N9O7/c28-13-5-1-9-18(32)23(38)33-19(10-2-6-14-29)24(39)34-20(11-3-7-15-30)25(40)35-21(12-4-8-16-31)26(41)36-22(17-37)27(42)43/h18-22,37H,1-17,28-32H2,(H,33,38)(H,34,39)(H,35,40)(H,36,41)(H,42,43)/t18-,19-,20-,21-,22-/m0/s1. The SMILES string of the molecule is NCCCC[C@H](NC(=O)[C@H](CCCCN)NC(=O)[C@H](CCCCN)NC(=O)[C@@H](N)CCCCN)C(=O)N[C@@H](CO)C(=O)O. The Morgan fingerprint density at radius 1 is 0.488 bits per heavy atom. The van der Waals surface area contributed by atoms with Gasteiger partial charge in [0.15, 0.2) is 0 Å². The molecular formula is C27H55N9O7. The topological polar surface area (TPSA) is 304 Å². The number of amides is 4. The maximum Gasteiger partial charge on any atom is 0.328 e. The van der Waals surface area contributed by atoms with Crippen molar-refractivity contribution in [2.24, 2.45) is 28.7 Å². The molecule has 0 fully saturated rings. The van der Waals surface area contributed by atoms with Gasteiger partial charge in [-0.3, -0.25) is 19.2 Å². The first-order valence-electron chi connectivity index (χ1n) is 15.2. The summed E-state index contributed by atoms with van der Waals surface area (Å²) in [4.78, 5) is 63.7. The molecule has 16 heteroatoms. The molecule has 0 aliphatic heterocycles. The number of aliphatic carboxylic acids is 1. The number of carboxylic acid groups (broad SMARTS) is 1. The van der Waals surface area contributed by atoms with E-state index in [2.05, 4.69) is 21.3 Å². The van der Waals surface area contributed by atoms with Crippen LogP contribution in [0.15, 0.2) is 0 Å². The lowest BCUT2D eigenvalue weighted by Gasteiger charge is -2.26. The summed E-state index contributed by atoms with van der Waals surface area (Å²) in [7, 11) is 0. The number of rotatable bonds is 26. The summed E-state index contributed by atoms with van der Waals surface area (Å²) >= 11 is 0. The van der Waals surface area contributed by atoms with Crippen LogP contribution in [0.25, 0.3) is 0 Å². The van der Waals surface area contributed by atoms with Gasteiger partial charge in [-0.25, -0.2) is 4.79 Å². The predicted molar refractivity (Wildman–Crippen MR) is 162 cm³/mol. The maximum atomic E-state index is 13.4. The van der Waals surface area contributed by atoms with Gasteiger partial charge in [-0.05, 0) is 96.8 Å². The Balaban J connectivity index is 5.80. The van der Waals surface area contributed by atoms with E-state index in [4.69, 9.17) is 28.7 Å². The summed E-state index contributed by atoms with van der Waals surface area (Å²) in [5.41, 5.74) is 28.3. The lowest BCUT2D eigenvalue weighted by molar-refractivity contribution is -0.143. The summed E-state index contributed by atoms with van der Waals surface area (Å²) in [6.07, 6.45) is 5.61. The van der Waals surface area contributed by atoms with E-state index in [9.17, 15) is 34.2 Å². The van der Waals surface area contributed by atoms with Crippen LogP contribution < -0.4 is 49.9 Å². The Morgan fingerprint density at radius 3 is 1.09 bits per heavy atom. The van der Waals surface area contributed by atoms with Crippen molar-refractivity contribution in [2.45, 2.75) is 107 Å². The van der Waals surface area contributed by atoms with Crippen LogP contribution in [-0.2, 0) is 24.0 Å². The highest BCUT2D eigenvalue weighted by atomic mass is 16.4. The second kappa shape index (κ2) is 24.5. The number of aliphatic hydroxyl groups is 1. The molecule has 0 unspecified atom stereocenters. The smallest absolute Gasteiger partial charge is 0.328 e. The van der Waals surface area contributed by atoms with E-state index in [-0.39, 0.29) is 19.3 Å². The van der Waals surface area contributed by atoms with Gasteiger partial charge in [0.05, 0.1) is 12.6 Å². The number of nitrogens with two attached hydrogens (primary N) is 5. The van der Waals surface area contributed by atoms with Crippen LogP contribution in [0.3, 0.4) is 0 Å². The normalized spacial score (nSPS) is 14.6. The van der Waals surface area contributed by atoms with E-state index in [0.29, 0.717) is 84.0 Å². The minimum absolute atomic E-state index is 0.149. The third-order valence-corrected chi connectivity index (χ3v) is 6.84. The third-order valence-electron chi connectivity index (χ3n) is 6.84. The number of carbonyl (C=O) groups excluding carboxylic acids is 4. The van der Waals surface area contributed by atoms with Crippen LogP contribution in [0.5, 0.6) is 0 Å². The zero-order chi connectivity index (χ0) is 32.6. The molecule has 5 atom stereocenters. The van der Waals surface area contributed by atoms with Crippen molar-refractivity contribution in [3.05, 3.63) is 0 Å². The monoisotopic (exact) mass is 617 g/mol. The molecule has 16 nitrogen and oxygen atoms in total. The lowest BCUT2D eigenvalue weighted by atomic mass is 10.0. The Hall–Kier alpha value is -2.89. The molecule has 0 radical (unpaired) electrons. The number of aliphatic hydroxyl groups excluding tert-OH is 1. The molecule has 0 aromatic carbocycles. The first-order chi connectivity index (χ1) is 20.6. The van der Waals surface area contributed by atoms with Crippen molar-refractivity contribution in [3.8, 4) is 0 Å². The highest BCUT2D eigenvalue weighted by Gasteiger charge is 2.31. The highest BCUT2D eigenvalue weighted by molar-refractivity contribution is 5.95. The molecule has 0 spiro atoms. The van der Waals surface area contributed by atoms with Gasteiger partial charge < -0.3 is 60.1 Å². The van der Waals surface area contributed by atoms with Gasteiger partial charge in [-0.2, -0.15) is 0 Å². The van der Waals surface area contributed by atoms with Crippen LogP contribution in [0, 0.1) is 0 Å². The van der Waals surface area contributed by atoms with Crippen LogP contribution >= 0.6 is 0 Å². The van der Waals surface area contributed by atoms with Crippen molar-refractivity contribution in [1.82, 2.24) is 21.3 Å².